The summed E-state index contributed by atoms with van der Waals surface area (Å²) >= 11 is 0. The fraction of sp³-hybridized carbons (Fsp3) is 0.500. The number of halogens is 6. The molecule has 0 saturated heterocycles. The molecule has 20 heavy (non-hydrogen) atoms. The molecule has 0 aliphatic rings. The Labute approximate surface area is 124 Å². The van der Waals surface area contributed by atoms with Crippen LogP contribution in [-0.2, 0) is 26.7 Å². The van der Waals surface area contributed by atoms with Crippen LogP contribution in [-0.4, -0.2) is 32.0 Å². The molecule has 10 heteroatoms. The third-order valence-corrected chi connectivity index (χ3v) is 2.66. The van der Waals surface area contributed by atoms with Crippen LogP contribution >= 0.6 is 0 Å². The first-order chi connectivity index (χ1) is 8.11. The zero-order valence-corrected chi connectivity index (χ0v) is 12.7. The van der Waals surface area contributed by atoms with Crippen LogP contribution < -0.4 is 0 Å². The van der Waals surface area contributed by atoms with Gasteiger partial charge >= 0.3 is 29.4 Å². The summed E-state index contributed by atoms with van der Waals surface area (Å²) in [6, 6.07) is 0. The van der Waals surface area contributed by atoms with Gasteiger partial charge in [0, 0.05) is 0 Å². The van der Waals surface area contributed by atoms with Crippen LogP contribution in [0.15, 0.2) is 12.3 Å². The number of carbonyl (C=O) groups is 2. The number of carbonyl (C=O) groups excluding carboxylic acids is 2. The van der Waals surface area contributed by atoms with E-state index in [-0.39, 0.29) is 17.1 Å². The molecule has 0 N–H and O–H groups in total. The summed E-state index contributed by atoms with van der Waals surface area (Å²) in [5, 5.41) is 0. The Hall–Kier alpha value is -0.734. The first-order valence-corrected chi connectivity index (χ1v) is 8.39. The molecule has 0 aromatic heterocycles. The molecule has 0 heterocycles. The van der Waals surface area contributed by atoms with Crippen molar-refractivity contribution in [2.75, 3.05) is 0 Å². The average Bonchev–Trinajstić information content (AvgIpc) is 2.14. The molecule has 0 rings (SSSR count). The summed E-state index contributed by atoms with van der Waals surface area (Å²) in [6.45, 7) is 10.5. The summed E-state index contributed by atoms with van der Waals surface area (Å²) in [5.41, 5.74) is 2.08. The number of ketones is 2. The Bertz CT molecular complexity index is 319. The molecule has 0 aromatic rings. The van der Waals surface area contributed by atoms with Crippen molar-refractivity contribution in [2.45, 2.75) is 32.0 Å². The first-order valence-electron chi connectivity index (χ1n) is 4.82. The van der Waals surface area contributed by atoms with Gasteiger partial charge in [-0.05, 0) is 0 Å². The van der Waals surface area contributed by atoms with Gasteiger partial charge in [0.25, 0.3) is 0 Å². The second-order valence-electron chi connectivity index (χ2n) is 4.44. The van der Waals surface area contributed by atoms with Gasteiger partial charge in [-0.1, -0.05) is 19.6 Å². The Kier molecular flexibility index (Phi) is 10.4. The quantitative estimate of drug-likeness (QED) is 0.330. The number of rotatable bonds is 3. The fourth-order valence-electron chi connectivity index (χ4n) is 0.283. The van der Waals surface area contributed by atoms with Crippen molar-refractivity contribution in [1.29, 1.82) is 0 Å². The van der Waals surface area contributed by atoms with Crippen LogP contribution in [0.3, 0.4) is 0 Å². The van der Waals surface area contributed by atoms with Crippen LogP contribution in [0.2, 0.25) is 19.6 Å². The Balaban J connectivity index is -0.000000352. The number of hydrogen-bond acceptors (Lipinski definition) is 2. The SMILES string of the molecule is C=C[Si](C)(C)C.O=C([CH-]C(=O)C(F)(F)F)C(F)(F)F.[Cu+]. The van der Waals surface area contributed by atoms with E-state index in [1.165, 1.54) is 0 Å². The largest absolute Gasteiger partial charge is 1.00 e. The molecule has 0 amide bonds. The van der Waals surface area contributed by atoms with Gasteiger partial charge in [0.05, 0.1) is 8.07 Å². The van der Waals surface area contributed by atoms with E-state index in [2.05, 4.69) is 31.9 Å². The molecular weight excluding hydrogens is 358 g/mol. The molecule has 0 bridgehead atoms. The van der Waals surface area contributed by atoms with E-state index >= 15 is 0 Å². The van der Waals surface area contributed by atoms with Gasteiger partial charge in [-0.25, -0.2) is 6.42 Å². The molecule has 0 atom stereocenters. The third kappa shape index (κ3) is 13.7. The van der Waals surface area contributed by atoms with Crippen LogP contribution in [0.5, 0.6) is 0 Å². The maximum Gasteiger partial charge on any atom is 1.00 e. The number of Topliss-reactive ketones (excluding diaryl/α,β-unsaturated/α-hetero) is 2. The summed E-state index contributed by atoms with van der Waals surface area (Å²) in [6.07, 6.45) is -11.9. The second-order valence-corrected chi connectivity index (χ2v) is 9.58. The first kappa shape index (κ1) is 24.3. The smallest absolute Gasteiger partial charge is 0.324 e. The number of hydrogen-bond donors (Lipinski definition) is 0. The van der Waals surface area contributed by atoms with Gasteiger partial charge in [-0.15, -0.1) is 12.3 Å². The predicted octanol–water partition coefficient (Wildman–Crippen LogP) is 3.50. The normalized spacial score (nSPS) is 11.4. The molecule has 0 fully saturated rings. The van der Waals surface area contributed by atoms with Crippen LogP contribution in [0.25, 0.3) is 0 Å². The molecule has 0 aliphatic carbocycles. The molecule has 0 unspecified atom stereocenters. The van der Waals surface area contributed by atoms with Crippen molar-refractivity contribution in [2.24, 2.45) is 0 Å². The monoisotopic (exact) mass is 370 g/mol. The van der Waals surface area contributed by atoms with Crippen molar-refractivity contribution in [3.8, 4) is 0 Å². The Morgan fingerprint density at radius 1 is 0.950 bits per heavy atom. The molecule has 0 aromatic carbocycles. The average molecular weight is 371 g/mol. The molecule has 0 radical (unpaired) electrons. The van der Waals surface area contributed by atoms with Gasteiger partial charge in [-0.3, -0.25) is 0 Å². The van der Waals surface area contributed by atoms with Crippen LogP contribution in [0.4, 0.5) is 26.3 Å². The summed E-state index contributed by atoms with van der Waals surface area (Å²) in [4.78, 5) is 19.6. The van der Waals surface area contributed by atoms with Crippen molar-refractivity contribution < 1.29 is 53.0 Å². The summed E-state index contributed by atoms with van der Waals surface area (Å²) < 4.78 is 67.8. The topological polar surface area (TPSA) is 34.1 Å². The van der Waals surface area contributed by atoms with Crippen LogP contribution in [0.1, 0.15) is 0 Å². The Morgan fingerprint density at radius 2 is 1.15 bits per heavy atom. The summed E-state index contributed by atoms with van der Waals surface area (Å²) in [5.74, 6) is -5.65. The van der Waals surface area contributed by atoms with Gasteiger partial charge < -0.3 is 9.59 Å². The zero-order chi connectivity index (χ0) is 16.1. The Morgan fingerprint density at radius 3 is 1.25 bits per heavy atom. The molecule has 2 nitrogen and oxygen atoms in total. The maximum absolute atomic E-state index is 11.3. The van der Waals surface area contributed by atoms with Gasteiger partial charge in [0.2, 0.25) is 0 Å². The van der Waals surface area contributed by atoms with E-state index < -0.39 is 38.4 Å². The van der Waals surface area contributed by atoms with E-state index in [4.69, 9.17) is 0 Å². The van der Waals surface area contributed by atoms with Crippen LogP contribution in [0, 0.1) is 6.42 Å². The van der Waals surface area contributed by atoms with Gasteiger partial charge in [-0.2, -0.15) is 26.3 Å². The molecule has 0 spiro atoms. The molecular formula is C10H13CuF6O2Si. The third-order valence-electron chi connectivity index (χ3n) is 1.43. The maximum atomic E-state index is 11.3. The molecule has 0 aliphatic heterocycles. The van der Waals surface area contributed by atoms with Crippen molar-refractivity contribution in [3.05, 3.63) is 18.7 Å². The fourth-order valence-corrected chi connectivity index (χ4v) is 0.283. The minimum atomic E-state index is -5.46. The molecule has 0 saturated carbocycles. The van der Waals surface area contributed by atoms with Crippen molar-refractivity contribution >= 4 is 19.6 Å². The number of alkyl halides is 6. The van der Waals surface area contributed by atoms with Gasteiger partial charge in [0.1, 0.15) is 11.6 Å². The van der Waals surface area contributed by atoms with E-state index in [0.717, 1.165) is 0 Å². The summed E-state index contributed by atoms with van der Waals surface area (Å²) in [7, 11) is -0.867. The van der Waals surface area contributed by atoms with Crippen molar-refractivity contribution in [1.82, 2.24) is 0 Å². The van der Waals surface area contributed by atoms with Gasteiger partial charge in [0.15, 0.2) is 0 Å². The minimum Gasteiger partial charge on any atom is -0.324 e. The van der Waals surface area contributed by atoms with E-state index in [0.29, 0.717) is 0 Å². The van der Waals surface area contributed by atoms with Crippen molar-refractivity contribution in [3.63, 3.8) is 0 Å². The standard InChI is InChI=1S/C5HF6O2.C5H12Si.Cu/c6-4(7,8)2(12)1-3(13)5(9,10)11;1-5-6(2,3)4;/h1H;5H,1H2,2-4H3;/q-1;;+1. The molecule has 122 valence electrons. The van der Waals surface area contributed by atoms with E-state index in [1.807, 2.05) is 0 Å². The minimum absolute atomic E-state index is 0. The predicted molar refractivity (Wildman–Crippen MR) is 60.0 cm³/mol. The zero-order valence-electron chi connectivity index (χ0n) is 10.7. The second kappa shape index (κ2) is 8.53. The van der Waals surface area contributed by atoms with E-state index in [9.17, 15) is 35.9 Å². The van der Waals surface area contributed by atoms with E-state index in [1.54, 1.807) is 0 Å².